The minimum Gasteiger partial charge on any atom is -0.383 e. The number of non-ortho nitro benzene ring substituents is 1. The largest absolute Gasteiger partial charge is 0.383 e. The average Bonchev–Trinajstić information content (AvgIpc) is 2.87. The van der Waals surface area contributed by atoms with Gasteiger partial charge in [-0.2, -0.15) is 5.10 Å². The highest BCUT2D eigenvalue weighted by molar-refractivity contribution is 5.98. The fourth-order valence-electron chi connectivity index (χ4n) is 2.82. The maximum atomic E-state index is 10.8. The lowest BCUT2D eigenvalue weighted by molar-refractivity contribution is -0.384. The number of hydrogen-bond acceptors (Lipinski definition) is 6. The van der Waals surface area contributed by atoms with Crippen LogP contribution in [0.1, 0.15) is 25.3 Å². The molecule has 3 aromatic rings. The first-order chi connectivity index (χ1) is 11.1. The molecule has 1 saturated carbocycles. The minimum absolute atomic E-state index is 0.0423. The number of nitrogen functional groups attached to an aromatic ring is 1. The first kappa shape index (κ1) is 13.6. The van der Waals surface area contributed by atoms with E-state index in [1.807, 2.05) is 4.68 Å². The number of fused-ring (bicyclic) bond motifs is 1. The van der Waals surface area contributed by atoms with Gasteiger partial charge in [0.15, 0.2) is 5.65 Å². The second-order valence-corrected chi connectivity index (χ2v) is 5.64. The normalized spacial score (nSPS) is 14.8. The van der Waals surface area contributed by atoms with Gasteiger partial charge in [0.05, 0.1) is 16.4 Å². The first-order valence-electron chi connectivity index (χ1n) is 7.38. The third kappa shape index (κ3) is 2.10. The maximum absolute atomic E-state index is 10.8. The van der Waals surface area contributed by atoms with E-state index in [1.165, 1.54) is 24.9 Å². The third-order valence-corrected chi connectivity index (χ3v) is 4.29. The van der Waals surface area contributed by atoms with E-state index in [-0.39, 0.29) is 5.69 Å². The van der Waals surface area contributed by atoms with E-state index in [9.17, 15) is 10.1 Å². The SMILES string of the molecule is Nc1ncnc2c1c(-c1ccc([N+](=O)[O-])cc1)nn2C1CCC1. The van der Waals surface area contributed by atoms with Crippen LogP contribution in [0.4, 0.5) is 11.5 Å². The summed E-state index contributed by atoms with van der Waals surface area (Å²) in [6.45, 7) is 0. The van der Waals surface area contributed by atoms with Crippen LogP contribution in [0.3, 0.4) is 0 Å². The number of rotatable bonds is 3. The van der Waals surface area contributed by atoms with Crippen molar-refractivity contribution in [1.82, 2.24) is 19.7 Å². The van der Waals surface area contributed by atoms with E-state index >= 15 is 0 Å². The summed E-state index contributed by atoms with van der Waals surface area (Å²) >= 11 is 0. The van der Waals surface area contributed by atoms with Crippen molar-refractivity contribution in [3.8, 4) is 11.3 Å². The topological polar surface area (TPSA) is 113 Å². The Hall–Kier alpha value is -3.03. The Bertz CT molecular complexity index is 898. The Kier molecular flexibility index (Phi) is 2.97. The number of anilines is 1. The van der Waals surface area contributed by atoms with E-state index in [1.54, 1.807) is 12.1 Å². The molecule has 0 atom stereocenters. The van der Waals surface area contributed by atoms with Gasteiger partial charge in [0.2, 0.25) is 0 Å². The fraction of sp³-hybridized carbons (Fsp3) is 0.267. The molecule has 0 amide bonds. The predicted molar refractivity (Wildman–Crippen MR) is 84.7 cm³/mol. The summed E-state index contributed by atoms with van der Waals surface area (Å²) in [6.07, 6.45) is 4.76. The highest BCUT2D eigenvalue weighted by Gasteiger charge is 2.26. The molecule has 0 spiro atoms. The second kappa shape index (κ2) is 5.01. The Morgan fingerprint density at radius 2 is 1.96 bits per heavy atom. The van der Waals surface area contributed by atoms with Gasteiger partial charge in [0.25, 0.3) is 5.69 Å². The van der Waals surface area contributed by atoms with Crippen molar-refractivity contribution in [2.24, 2.45) is 0 Å². The van der Waals surface area contributed by atoms with Crippen molar-refractivity contribution in [1.29, 1.82) is 0 Å². The molecule has 2 heterocycles. The van der Waals surface area contributed by atoms with Crippen molar-refractivity contribution in [3.63, 3.8) is 0 Å². The minimum atomic E-state index is -0.424. The van der Waals surface area contributed by atoms with Gasteiger partial charge in [-0.05, 0) is 31.4 Å². The molecule has 1 aliphatic carbocycles. The summed E-state index contributed by atoms with van der Waals surface area (Å²) in [4.78, 5) is 18.8. The number of aromatic nitrogens is 4. The van der Waals surface area contributed by atoms with Crippen LogP contribution in [0.25, 0.3) is 22.3 Å². The summed E-state index contributed by atoms with van der Waals surface area (Å²) < 4.78 is 1.91. The predicted octanol–water partition coefficient (Wildman–Crippen LogP) is 2.71. The molecular formula is C15H14N6O2. The molecule has 2 N–H and O–H groups in total. The van der Waals surface area contributed by atoms with Crippen LogP contribution < -0.4 is 5.73 Å². The lowest BCUT2D eigenvalue weighted by Gasteiger charge is -2.25. The van der Waals surface area contributed by atoms with Crippen LogP contribution in [0.15, 0.2) is 30.6 Å². The number of benzene rings is 1. The van der Waals surface area contributed by atoms with Gasteiger partial charge in [0.1, 0.15) is 17.8 Å². The van der Waals surface area contributed by atoms with Crippen LogP contribution in [-0.2, 0) is 0 Å². The molecule has 2 aromatic heterocycles. The molecular weight excluding hydrogens is 296 g/mol. The second-order valence-electron chi connectivity index (χ2n) is 5.64. The molecule has 1 fully saturated rings. The summed E-state index contributed by atoms with van der Waals surface area (Å²) in [6, 6.07) is 6.61. The molecule has 23 heavy (non-hydrogen) atoms. The van der Waals surface area contributed by atoms with E-state index in [4.69, 9.17) is 5.73 Å². The lowest BCUT2D eigenvalue weighted by Crippen LogP contribution is -2.18. The summed E-state index contributed by atoms with van der Waals surface area (Å²) in [5.41, 5.74) is 8.22. The first-order valence-corrected chi connectivity index (χ1v) is 7.38. The number of nitrogens with two attached hydrogens (primary N) is 1. The number of nitro groups is 1. The molecule has 0 unspecified atom stereocenters. The van der Waals surface area contributed by atoms with Gasteiger partial charge >= 0.3 is 0 Å². The Morgan fingerprint density at radius 1 is 1.22 bits per heavy atom. The molecule has 1 aliphatic rings. The Balaban J connectivity index is 1.90. The van der Waals surface area contributed by atoms with Crippen molar-refractivity contribution < 1.29 is 4.92 Å². The van der Waals surface area contributed by atoms with Gasteiger partial charge in [-0.25, -0.2) is 14.6 Å². The zero-order valence-corrected chi connectivity index (χ0v) is 12.2. The molecule has 4 rings (SSSR count). The van der Waals surface area contributed by atoms with Crippen LogP contribution in [0.5, 0.6) is 0 Å². The van der Waals surface area contributed by atoms with Gasteiger partial charge < -0.3 is 5.73 Å². The van der Waals surface area contributed by atoms with Gasteiger partial charge in [-0.15, -0.1) is 0 Å². The molecule has 0 radical (unpaired) electrons. The van der Waals surface area contributed by atoms with Gasteiger partial charge in [0, 0.05) is 17.7 Å². The maximum Gasteiger partial charge on any atom is 0.269 e. The summed E-state index contributed by atoms with van der Waals surface area (Å²) in [5.74, 6) is 0.369. The van der Waals surface area contributed by atoms with Crippen molar-refractivity contribution in [2.45, 2.75) is 25.3 Å². The average molecular weight is 310 g/mol. The molecule has 8 heteroatoms. The number of nitrogens with zero attached hydrogens (tertiary/aromatic N) is 5. The Morgan fingerprint density at radius 3 is 2.57 bits per heavy atom. The van der Waals surface area contributed by atoms with E-state index in [0.29, 0.717) is 22.9 Å². The van der Waals surface area contributed by atoms with Crippen LogP contribution in [0.2, 0.25) is 0 Å². The Labute approximate surface area is 131 Å². The summed E-state index contributed by atoms with van der Waals surface area (Å²) in [5, 5.41) is 16.2. The van der Waals surface area contributed by atoms with Crippen LogP contribution in [0, 0.1) is 10.1 Å². The standard InChI is InChI=1S/C15H14N6O2/c16-14-12-13(9-4-6-11(7-5-9)21(22)23)19-20(10-2-1-3-10)15(12)18-8-17-14/h4-8,10H,1-3H2,(H2,16,17,18). The number of nitro benzene ring substituents is 1. The smallest absolute Gasteiger partial charge is 0.269 e. The quantitative estimate of drug-likeness (QED) is 0.588. The molecule has 0 bridgehead atoms. The van der Waals surface area contributed by atoms with Crippen molar-refractivity contribution in [2.75, 3.05) is 5.73 Å². The highest BCUT2D eigenvalue weighted by Crippen LogP contribution is 2.37. The zero-order chi connectivity index (χ0) is 16.0. The van der Waals surface area contributed by atoms with Crippen LogP contribution >= 0.6 is 0 Å². The van der Waals surface area contributed by atoms with Crippen LogP contribution in [-0.4, -0.2) is 24.7 Å². The highest BCUT2D eigenvalue weighted by atomic mass is 16.6. The van der Waals surface area contributed by atoms with E-state index in [2.05, 4.69) is 15.1 Å². The molecule has 116 valence electrons. The van der Waals surface area contributed by atoms with Gasteiger partial charge in [-0.3, -0.25) is 10.1 Å². The van der Waals surface area contributed by atoms with Crippen molar-refractivity contribution in [3.05, 3.63) is 40.7 Å². The van der Waals surface area contributed by atoms with E-state index < -0.39 is 4.92 Å². The number of hydrogen-bond donors (Lipinski definition) is 1. The monoisotopic (exact) mass is 310 g/mol. The summed E-state index contributed by atoms with van der Waals surface area (Å²) in [7, 11) is 0. The van der Waals surface area contributed by atoms with Crippen molar-refractivity contribution >= 4 is 22.5 Å². The van der Waals surface area contributed by atoms with E-state index in [0.717, 1.165) is 24.1 Å². The lowest BCUT2D eigenvalue weighted by atomic mass is 9.93. The molecule has 8 nitrogen and oxygen atoms in total. The third-order valence-electron chi connectivity index (χ3n) is 4.29. The molecule has 0 saturated heterocycles. The molecule has 1 aromatic carbocycles. The fourth-order valence-corrected chi connectivity index (χ4v) is 2.82. The zero-order valence-electron chi connectivity index (χ0n) is 12.2. The van der Waals surface area contributed by atoms with Gasteiger partial charge in [-0.1, -0.05) is 0 Å². The molecule has 0 aliphatic heterocycles.